The highest BCUT2D eigenvalue weighted by molar-refractivity contribution is 5.96. The SMILES string of the molecule is CC(C)CC1C(=O)NC(C)C(=O)N1CCC(C)(C)C. The van der Waals surface area contributed by atoms with Crippen molar-refractivity contribution in [3.63, 3.8) is 0 Å². The largest absolute Gasteiger partial charge is 0.343 e. The number of hydrogen-bond donors (Lipinski definition) is 1. The molecule has 1 saturated heterocycles. The van der Waals surface area contributed by atoms with Gasteiger partial charge in [0.15, 0.2) is 0 Å². The van der Waals surface area contributed by atoms with E-state index in [4.69, 9.17) is 0 Å². The molecule has 1 fully saturated rings. The van der Waals surface area contributed by atoms with Crippen molar-refractivity contribution in [2.75, 3.05) is 6.54 Å². The van der Waals surface area contributed by atoms with Crippen LogP contribution in [-0.4, -0.2) is 35.3 Å². The van der Waals surface area contributed by atoms with Gasteiger partial charge in [0.1, 0.15) is 12.1 Å². The van der Waals surface area contributed by atoms with Crippen molar-refractivity contribution in [3.05, 3.63) is 0 Å². The van der Waals surface area contributed by atoms with E-state index in [2.05, 4.69) is 39.9 Å². The Bertz CT molecular complexity index is 345. The monoisotopic (exact) mass is 268 g/mol. The predicted molar refractivity (Wildman–Crippen MR) is 76.6 cm³/mol. The molecule has 0 saturated carbocycles. The number of nitrogens with zero attached hydrogens (tertiary/aromatic N) is 1. The molecular formula is C15H28N2O2. The first-order valence-electron chi connectivity index (χ1n) is 7.22. The molecule has 0 aromatic rings. The molecule has 1 rings (SSSR count). The quantitative estimate of drug-likeness (QED) is 0.849. The van der Waals surface area contributed by atoms with Gasteiger partial charge in [-0.2, -0.15) is 0 Å². The molecule has 1 N–H and O–H groups in total. The Kier molecular flexibility index (Phi) is 4.99. The third-order valence-corrected chi connectivity index (χ3v) is 3.49. The van der Waals surface area contributed by atoms with Crippen molar-refractivity contribution in [2.45, 2.75) is 66.5 Å². The zero-order valence-corrected chi connectivity index (χ0v) is 13.1. The Morgan fingerprint density at radius 1 is 1.26 bits per heavy atom. The van der Waals surface area contributed by atoms with E-state index in [1.165, 1.54) is 0 Å². The van der Waals surface area contributed by atoms with Gasteiger partial charge in [0.2, 0.25) is 11.8 Å². The second kappa shape index (κ2) is 5.93. The molecule has 2 atom stereocenters. The molecule has 1 aliphatic heterocycles. The van der Waals surface area contributed by atoms with E-state index in [0.717, 1.165) is 12.8 Å². The molecule has 0 radical (unpaired) electrons. The molecule has 0 spiro atoms. The van der Waals surface area contributed by atoms with Crippen molar-refractivity contribution < 1.29 is 9.59 Å². The second-order valence-electron chi connectivity index (χ2n) is 7.22. The molecule has 19 heavy (non-hydrogen) atoms. The maximum absolute atomic E-state index is 12.3. The highest BCUT2D eigenvalue weighted by Crippen LogP contribution is 2.23. The average Bonchev–Trinajstić information content (AvgIpc) is 2.23. The Morgan fingerprint density at radius 3 is 2.32 bits per heavy atom. The summed E-state index contributed by atoms with van der Waals surface area (Å²) < 4.78 is 0. The van der Waals surface area contributed by atoms with Crippen LogP contribution in [0.25, 0.3) is 0 Å². The molecule has 2 unspecified atom stereocenters. The first kappa shape index (κ1) is 16.0. The van der Waals surface area contributed by atoms with Gasteiger partial charge in [-0.05, 0) is 31.1 Å². The number of carbonyl (C=O) groups is 2. The fourth-order valence-electron chi connectivity index (χ4n) is 2.32. The van der Waals surface area contributed by atoms with Gasteiger partial charge in [0.25, 0.3) is 0 Å². The summed E-state index contributed by atoms with van der Waals surface area (Å²) in [6.07, 6.45) is 1.64. The van der Waals surface area contributed by atoms with Crippen LogP contribution in [-0.2, 0) is 9.59 Å². The van der Waals surface area contributed by atoms with Gasteiger partial charge < -0.3 is 10.2 Å². The molecule has 2 amide bonds. The molecule has 4 nitrogen and oxygen atoms in total. The van der Waals surface area contributed by atoms with E-state index in [1.807, 2.05) is 0 Å². The summed E-state index contributed by atoms with van der Waals surface area (Å²) in [5, 5.41) is 2.78. The fourth-order valence-corrected chi connectivity index (χ4v) is 2.32. The lowest BCUT2D eigenvalue weighted by molar-refractivity contribution is -0.149. The topological polar surface area (TPSA) is 49.4 Å². The van der Waals surface area contributed by atoms with Gasteiger partial charge >= 0.3 is 0 Å². The lowest BCUT2D eigenvalue weighted by Crippen LogP contribution is -2.63. The summed E-state index contributed by atoms with van der Waals surface area (Å²) in [6, 6.07) is -0.693. The van der Waals surface area contributed by atoms with E-state index >= 15 is 0 Å². The van der Waals surface area contributed by atoms with Gasteiger partial charge in [-0.15, -0.1) is 0 Å². The molecule has 0 bridgehead atoms. The highest BCUT2D eigenvalue weighted by Gasteiger charge is 2.38. The van der Waals surface area contributed by atoms with Gasteiger partial charge in [-0.25, -0.2) is 0 Å². The summed E-state index contributed by atoms with van der Waals surface area (Å²) in [6.45, 7) is 13.1. The van der Waals surface area contributed by atoms with Crippen molar-refractivity contribution in [1.29, 1.82) is 0 Å². The maximum atomic E-state index is 12.3. The van der Waals surface area contributed by atoms with Crippen LogP contribution in [0.3, 0.4) is 0 Å². The Morgan fingerprint density at radius 2 is 1.84 bits per heavy atom. The van der Waals surface area contributed by atoms with Crippen LogP contribution in [0, 0.1) is 11.3 Å². The molecule has 0 aromatic carbocycles. The van der Waals surface area contributed by atoms with Gasteiger partial charge in [0.05, 0.1) is 0 Å². The first-order valence-corrected chi connectivity index (χ1v) is 7.22. The summed E-state index contributed by atoms with van der Waals surface area (Å²) in [7, 11) is 0. The van der Waals surface area contributed by atoms with E-state index in [9.17, 15) is 9.59 Å². The minimum absolute atomic E-state index is 0.00490. The maximum Gasteiger partial charge on any atom is 0.245 e. The lowest BCUT2D eigenvalue weighted by Gasteiger charge is -2.39. The summed E-state index contributed by atoms with van der Waals surface area (Å²) in [5.74, 6) is 0.443. The summed E-state index contributed by atoms with van der Waals surface area (Å²) in [4.78, 5) is 26.2. The number of carbonyl (C=O) groups excluding carboxylic acids is 2. The average molecular weight is 268 g/mol. The summed E-state index contributed by atoms with van der Waals surface area (Å²) in [5.41, 5.74) is 0.166. The third-order valence-electron chi connectivity index (χ3n) is 3.49. The molecule has 4 heteroatoms. The number of nitrogens with one attached hydrogen (secondary N) is 1. The molecular weight excluding hydrogens is 240 g/mol. The van der Waals surface area contributed by atoms with Crippen LogP contribution < -0.4 is 5.32 Å². The van der Waals surface area contributed by atoms with Crippen LogP contribution >= 0.6 is 0 Å². The second-order valence-corrected chi connectivity index (χ2v) is 7.22. The molecule has 1 heterocycles. The normalized spacial score (nSPS) is 24.9. The van der Waals surface area contributed by atoms with E-state index in [0.29, 0.717) is 12.5 Å². The minimum Gasteiger partial charge on any atom is -0.343 e. The van der Waals surface area contributed by atoms with Crippen molar-refractivity contribution >= 4 is 11.8 Å². The number of rotatable bonds is 4. The van der Waals surface area contributed by atoms with Gasteiger partial charge in [0, 0.05) is 6.54 Å². The first-order chi connectivity index (χ1) is 8.61. The van der Waals surface area contributed by atoms with E-state index in [1.54, 1.807) is 11.8 Å². The molecule has 110 valence electrons. The number of piperazine rings is 1. The molecule has 0 aliphatic carbocycles. The number of amides is 2. The minimum atomic E-state index is -0.393. The van der Waals surface area contributed by atoms with Gasteiger partial charge in [-0.3, -0.25) is 9.59 Å². The van der Waals surface area contributed by atoms with Crippen LogP contribution in [0.1, 0.15) is 54.4 Å². The van der Waals surface area contributed by atoms with Crippen LogP contribution in [0.4, 0.5) is 0 Å². The van der Waals surface area contributed by atoms with Crippen molar-refractivity contribution in [1.82, 2.24) is 10.2 Å². The van der Waals surface area contributed by atoms with Crippen LogP contribution in [0.15, 0.2) is 0 Å². The standard InChI is InChI=1S/C15H28N2O2/c1-10(2)9-12-13(18)16-11(3)14(19)17(12)8-7-15(4,5)6/h10-12H,7-9H2,1-6H3,(H,16,18). The van der Waals surface area contributed by atoms with E-state index < -0.39 is 6.04 Å². The predicted octanol–water partition coefficient (Wildman–Crippen LogP) is 2.18. The third kappa shape index (κ3) is 4.51. The zero-order valence-electron chi connectivity index (χ0n) is 13.1. The zero-order chi connectivity index (χ0) is 14.8. The molecule has 1 aliphatic rings. The van der Waals surface area contributed by atoms with Crippen molar-refractivity contribution in [3.8, 4) is 0 Å². The molecule has 0 aromatic heterocycles. The number of hydrogen-bond acceptors (Lipinski definition) is 2. The lowest BCUT2D eigenvalue weighted by atomic mass is 9.90. The Labute approximate surface area is 116 Å². The van der Waals surface area contributed by atoms with Crippen LogP contribution in [0.2, 0.25) is 0 Å². The van der Waals surface area contributed by atoms with E-state index in [-0.39, 0.29) is 23.3 Å². The smallest absolute Gasteiger partial charge is 0.245 e. The van der Waals surface area contributed by atoms with Crippen molar-refractivity contribution in [2.24, 2.45) is 11.3 Å². The fraction of sp³-hybridized carbons (Fsp3) is 0.867. The van der Waals surface area contributed by atoms with Crippen LogP contribution in [0.5, 0.6) is 0 Å². The summed E-state index contributed by atoms with van der Waals surface area (Å²) >= 11 is 0. The Balaban J connectivity index is 2.83. The highest BCUT2D eigenvalue weighted by atomic mass is 16.2. The van der Waals surface area contributed by atoms with Gasteiger partial charge in [-0.1, -0.05) is 34.6 Å². The Hall–Kier alpha value is -1.06.